The third-order valence-electron chi connectivity index (χ3n) is 5.72. The molecule has 2 aromatic heterocycles. The number of nitrogens with one attached hydrogen (secondary N) is 1. The largest absolute Gasteiger partial charge is 0.461 e. The van der Waals surface area contributed by atoms with E-state index in [0.29, 0.717) is 23.8 Å². The zero-order chi connectivity index (χ0) is 19.8. The number of nitrogens with zero attached hydrogens (tertiary/aromatic N) is 2. The molecule has 0 bridgehead atoms. The normalized spacial score (nSPS) is 16.2. The first-order valence-electron chi connectivity index (χ1n) is 9.95. The molecule has 3 heterocycles. The molecule has 7 heteroatoms. The number of furan rings is 1. The molecule has 1 fully saturated rings. The summed E-state index contributed by atoms with van der Waals surface area (Å²) in [6, 6.07) is 10.7. The summed E-state index contributed by atoms with van der Waals surface area (Å²) >= 11 is 0. The summed E-state index contributed by atoms with van der Waals surface area (Å²) in [4.78, 5) is 27.3. The summed E-state index contributed by atoms with van der Waals surface area (Å²) in [7, 11) is 0. The number of fused-ring (bicyclic) bond motifs is 1. The number of aromatic nitrogens is 1. The van der Waals surface area contributed by atoms with Crippen LogP contribution in [0, 0.1) is 5.92 Å². The van der Waals surface area contributed by atoms with Crippen LogP contribution in [-0.4, -0.2) is 23.5 Å². The molecule has 1 aromatic carbocycles. The highest BCUT2D eigenvalue weighted by Gasteiger charge is 2.32. The van der Waals surface area contributed by atoms with E-state index in [4.69, 9.17) is 8.94 Å². The smallest absolute Gasteiger partial charge is 0.277 e. The maximum atomic E-state index is 12.9. The third kappa shape index (κ3) is 3.33. The second-order valence-corrected chi connectivity index (χ2v) is 7.57. The second-order valence-electron chi connectivity index (χ2n) is 7.57. The third-order valence-corrected chi connectivity index (χ3v) is 5.72. The van der Waals surface area contributed by atoms with Crippen molar-refractivity contribution in [1.82, 2.24) is 5.16 Å². The van der Waals surface area contributed by atoms with Crippen LogP contribution < -0.4 is 10.2 Å². The van der Waals surface area contributed by atoms with Crippen molar-refractivity contribution >= 4 is 23.2 Å². The molecule has 1 saturated carbocycles. The Bertz CT molecular complexity index is 1050. The van der Waals surface area contributed by atoms with Crippen molar-refractivity contribution in [3.63, 3.8) is 0 Å². The van der Waals surface area contributed by atoms with Crippen LogP contribution in [-0.2, 0) is 11.2 Å². The molecule has 29 heavy (non-hydrogen) atoms. The van der Waals surface area contributed by atoms with Gasteiger partial charge >= 0.3 is 0 Å². The summed E-state index contributed by atoms with van der Waals surface area (Å²) in [6.45, 7) is 0.706. The van der Waals surface area contributed by atoms with E-state index in [1.807, 2.05) is 23.1 Å². The first-order valence-corrected chi connectivity index (χ1v) is 9.95. The van der Waals surface area contributed by atoms with Crippen LogP contribution in [0.1, 0.15) is 41.7 Å². The van der Waals surface area contributed by atoms with Crippen LogP contribution in [0.15, 0.2) is 51.6 Å². The Morgan fingerprint density at radius 1 is 1.10 bits per heavy atom. The summed E-state index contributed by atoms with van der Waals surface area (Å²) in [5.74, 6) is 0.870. The van der Waals surface area contributed by atoms with Gasteiger partial charge in [0.15, 0.2) is 11.5 Å². The van der Waals surface area contributed by atoms with E-state index in [1.54, 1.807) is 12.1 Å². The molecule has 148 valence electrons. The number of benzene rings is 1. The minimum Gasteiger partial charge on any atom is -0.461 e. The predicted molar refractivity (Wildman–Crippen MR) is 107 cm³/mol. The van der Waals surface area contributed by atoms with E-state index in [-0.39, 0.29) is 23.4 Å². The quantitative estimate of drug-likeness (QED) is 0.718. The number of carbonyl (C=O) groups is 2. The molecular formula is C22H21N3O4. The number of carbonyl (C=O) groups excluding carboxylic acids is 2. The lowest BCUT2D eigenvalue weighted by molar-refractivity contribution is -0.122. The minimum atomic E-state index is -0.377. The minimum absolute atomic E-state index is 0.134. The van der Waals surface area contributed by atoms with E-state index < -0.39 is 0 Å². The average molecular weight is 391 g/mol. The van der Waals surface area contributed by atoms with Gasteiger partial charge < -0.3 is 19.2 Å². The van der Waals surface area contributed by atoms with Gasteiger partial charge in [-0.15, -0.1) is 0 Å². The Balaban J connectivity index is 1.33. The Morgan fingerprint density at radius 2 is 1.97 bits per heavy atom. The molecular weight excluding hydrogens is 370 g/mol. The molecule has 0 unspecified atom stereocenters. The second kappa shape index (κ2) is 7.24. The highest BCUT2D eigenvalue weighted by molar-refractivity contribution is 6.04. The number of amides is 2. The lowest BCUT2D eigenvalue weighted by atomic mass is 10.1. The Labute approximate surface area is 167 Å². The van der Waals surface area contributed by atoms with Gasteiger partial charge in [0, 0.05) is 29.9 Å². The molecule has 5 rings (SSSR count). The van der Waals surface area contributed by atoms with Gasteiger partial charge in [0.05, 0.1) is 6.26 Å². The molecule has 2 aliphatic rings. The fourth-order valence-corrected chi connectivity index (χ4v) is 4.19. The van der Waals surface area contributed by atoms with E-state index in [1.165, 1.54) is 12.3 Å². The number of rotatable bonds is 4. The average Bonchev–Trinajstić information content (AvgIpc) is 3.54. The molecule has 7 nitrogen and oxygen atoms in total. The van der Waals surface area contributed by atoms with Crippen molar-refractivity contribution in [1.29, 1.82) is 0 Å². The van der Waals surface area contributed by atoms with E-state index in [9.17, 15) is 9.59 Å². The van der Waals surface area contributed by atoms with Gasteiger partial charge in [-0.2, -0.15) is 0 Å². The van der Waals surface area contributed by atoms with Crippen LogP contribution in [0.5, 0.6) is 0 Å². The zero-order valence-corrected chi connectivity index (χ0v) is 15.9. The summed E-state index contributed by atoms with van der Waals surface area (Å²) in [5, 5.41) is 6.67. The van der Waals surface area contributed by atoms with Gasteiger partial charge in [-0.3, -0.25) is 9.59 Å². The van der Waals surface area contributed by atoms with Gasteiger partial charge in [-0.05, 0) is 49.1 Å². The number of hydrogen-bond donors (Lipinski definition) is 1. The van der Waals surface area contributed by atoms with Gasteiger partial charge in [0.25, 0.3) is 5.91 Å². The highest BCUT2D eigenvalue weighted by Crippen LogP contribution is 2.35. The zero-order valence-electron chi connectivity index (χ0n) is 15.9. The van der Waals surface area contributed by atoms with Crippen molar-refractivity contribution in [2.45, 2.75) is 32.1 Å². The fourth-order valence-electron chi connectivity index (χ4n) is 4.19. The molecule has 0 spiro atoms. The summed E-state index contributed by atoms with van der Waals surface area (Å²) in [6.07, 6.45) is 6.59. The Morgan fingerprint density at radius 3 is 2.76 bits per heavy atom. The summed E-state index contributed by atoms with van der Waals surface area (Å²) in [5.41, 5.74) is 2.82. The summed E-state index contributed by atoms with van der Waals surface area (Å²) < 4.78 is 10.4. The molecule has 2 amide bonds. The predicted octanol–water partition coefficient (Wildman–Crippen LogP) is 4.27. The van der Waals surface area contributed by atoms with Crippen molar-refractivity contribution < 1.29 is 18.5 Å². The molecule has 0 radical (unpaired) electrons. The molecule has 0 atom stereocenters. The van der Waals surface area contributed by atoms with Gasteiger partial charge in [0.2, 0.25) is 11.7 Å². The lowest BCUT2D eigenvalue weighted by Crippen LogP contribution is -2.33. The topological polar surface area (TPSA) is 88.6 Å². The van der Waals surface area contributed by atoms with Gasteiger partial charge in [-0.1, -0.05) is 24.1 Å². The number of hydrogen-bond acceptors (Lipinski definition) is 5. The highest BCUT2D eigenvalue weighted by atomic mass is 16.5. The Kier molecular flexibility index (Phi) is 4.42. The molecule has 3 aromatic rings. The van der Waals surface area contributed by atoms with Crippen molar-refractivity contribution in [2.24, 2.45) is 5.92 Å². The molecule has 1 aliphatic carbocycles. The van der Waals surface area contributed by atoms with E-state index >= 15 is 0 Å². The van der Waals surface area contributed by atoms with Crippen LogP contribution in [0.2, 0.25) is 0 Å². The van der Waals surface area contributed by atoms with Gasteiger partial charge in [-0.25, -0.2) is 0 Å². The Hall–Kier alpha value is -3.35. The van der Waals surface area contributed by atoms with E-state index in [0.717, 1.165) is 43.4 Å². The first kappa shape index (κ1) is 17.7. The van der Waals surface area contributed by atoms with E-state index in [2.05, 4.69) is 10.5 Å². The maximum Gasteiger partial charge on any atom is 0.277 e. The van der Waals surface area contributed by atoms with Gasteiger partial charge in [0.1, 0.15) is 0 Å². The molecule has 0 saturated heterocycles. The van der Waals surface area contributed by atoms with Crippen LogP contribution in [0.3, 0.4) is 0 Å². The van der Waals surface area contributed by atoms with Crippen molar-refractivity contribution in [2.75, 3.05) is 16.8 Å². The van der Waals surface area contributed by atoms with Crippen LogP contribution >= 0.6 is 0 Å². The van der Waals surface area contributed by atoms with Crippen molar-refractivity contribution in [3.05, 3.63) is 53.9 Å². The van der Waals surface area contributed by atoms with Crippen molar-refractivity contribution in [3.8, 4) is 11.5 Å². The molecule has 1 aliphatic heterocycles. The fraction of sp³-hybridized carbons (Fsp3) is 0.318. The SMILES string of the molecule is O=C(Nc1ccc2c(c1)N(C(=O)C1CCCC1)CC2)c1cc(-c2ccco2)on1. The van der Waals surface area contributed by atoms with Crippen LogP contribution in [0.25, 0.3) is 11.5 Å². The lowest BCUT2D eigenvalue weighted by Gasteiger charge is -2.21. The number of anilines is 2. The first-order chi connectivity index (χ1) is 14.2. The maximum absolute atomic E-state index is 12.9. The molecule has 1 N–H and O–H groups in total. The van der Waals surface area contributed by atoms with Crippen LogP contribution in [0.4, 0.5) is 11.4 Å². The standard InChI is InChI=1S/C22H21N3O4/c26-21(17-13-20(29-24-17)19-6-3-11-28-19)23-16-8-7-14-9-10-25(18(14)12-16)22(27)15-4-1-2-5-15/h3,6-8,11-13,15H,1-2,4-5,9-10H2,(H,23,26). The monoisotopic (exact) mass is 391 g/mol.